The van der Waals surface area contributed by atoms with Crippen molar-refractivity contribution in [2.45, 2.75) is 45.0 Å². The molecule has 3 rings (SSSR count). The Kier molecular flexibility index (Phi) is 8.19. The molecular formula is C23H29N3O6S2. The van der Waals surface area contributed by atoms with Crippen LogP contribution in [0.15, 0.2) is 24.3 Å². The van der Waals surface area contributed by atoms with Gasteiger partial charge in [0.2, 0.25) is 11.8 Å². The number of esters is 1. The molecule has 2 fully saturated rings. The third-order valence-corrected chi connectivity index (χ3v) is 6.83. The van der Waals surface area contributed by atoms with Gasteiger partial charge >= 0.3 is 12.1 Å². The summed E-state index contributed by atoms with van der Waals surface area (Å²) >= 11 is 6.74. The van der Waals surface area contributed by atoms with Crippen molar-refractivity contribution in [1.29, 1.82) is 0 Å². The molecule has 0 aliphatic carbocycles. The molecule has 0 radical (unpaired) electrons. The fraction of sp³-hybridized carbons (Fsp3) is 0.522. The minimum atomic E-state index is -0.617. The summed E-state index contributed by atoms with van der Waals surface area (Å²) in [5.41, 5.74) is 0.199. The highest BCUT2D eigenvalue weighted by Crippen LogP contribution is 2.31. The molecule has 1 aromatic rings. The maximum atomic E-state index is 13.0. The van der Waals surface area contributed by atoms with E-state index >= 15 is 0 Å². The number of thiocarbonyl (C=S) groups is 1. The molecule has 2 heterocycles. The van der Waals surface area contributed by atoms with E-state index in [9.17, 15) is 19.2 Å². The second kappa shape index (κ2) is 10.7. The van der Waals surface area contributed by atoms with Crippen LogP contribution < -0.4 is 4.90 Å². The third-order valence-electron chi connectivity index (χ3n) is 5.17. The number of amides is 3. The van der Waals surface area contributed by atoms with E-state index in [1.54, 1.807) is 24.0 Å². The summed E-state index contributed by atoms with van der Waals surface area (Å²) in [7, 11) is 0. The molecule has 0 N–H and O–H groups in total. The average molecular weight is 508 g/mol. The monoisotopic (exact) mass is 507 g/mol. The lowest BCUT2D eigenvalue weighted by atomic mass is 10.2. The van der Waals surface area contributed by atoms with Crippen molar-refractivity contribution in [3.8, 4) is 0 Å². The van der Waals surface area contributed by atoms with E-state index in [2.05, 4.69) is 0 Å². The van der Waals surface area contributed by atoms with Gasteiger partial charge in [0.15, 0.2) is 0 Å². The number of carbonyl (C=O) groups excluding carboxylic acids is 4. The Balaban J connectivity index is 1.55. The number of imide groups is 1. The number of thioether (sulfide) groups is 1. The normalized spacial score (nSPS) is 18.8. The van der Waals surface area contributed by atoms with Crippen molar-refractivity contribution < 1.29 is 28.7 Å². The predicted molar refractivity (Wildman–Crippen MR) is 133 cm³/mol. The number of carbonyl (C=O) groups is 4. The summed E-state index contributed by atoms with van der Waals surface area (Å²) in [6.45, 7) is 9.44. The summed E-state index contributed by atoms with van der Waals surface area (Å²) in [6.07, 6.45) is -0.312. The summed E-state index contributed by atoms with van der Waals surface area (Å²) in [6, 6.07) is 6.18. The summed E-state index contributed by atoms with van der Waals surface area (Å²) in [5.74, 6) is -1.11. The first-order valence-electron chi connectivity index (χ1n) is 11.1. The van der Waals surface area contributed by atoms with Crippen LogP contribution in [-0.4, -0.2) is 81.6 Å². The number of benzene rings is 1. The van der Waals surface area contributed by atoms with Crippen LogP contribution in [0.2, 0.25) is 0 Å². The van der Waals surface area contributed by atoms with Crippen molar-refractivity contribution in [1.82, 2.24) is 9.80 Å². The molecule has 2 aliphatic rings. The van der Waals surface area contributed by atoms with E-state index in [-0.39, 0.29) is 30.9 Å². The van der Waals surface area contributed by atoms with E-state index in [0.29, 0.717) is 41.8 Å². The van der Waals surface area contributed by atoms with Gasteiger partial charge in [0, 0.05) is 32.6 Å². The first kappa shape index (κ1) is 26.0. The van der Waals surface area contributed by atoms with Gasteiger partial charge in [0.25, 0.3) is 0 Å². The van der Waals surface area contributed by atoms with Gasteiger partial charge in [-0.2, -0.15) is 0 Å². The van der Waals surface area contributed by atoms with Crippen molar-refractivity contribution >= 4 is 57.9 Å². The molecule has 2 aliphatic heterocycles. The maximum absolute atomic E-state index is 13.0. The number of anilines is 1. The van der Waals surface area contributed by atoms with Gasteiger partial charge < -0.3 is 19.3 Å². The number of nitrogens with zero attached hydrogens (tertiary/aromatic N) is 3. The number of piperazine rings is 1. The minimum absolute atomic E-state index is 0.0428. The van der Waals surface area contributed by atoms with Crippen molar-refractivity contribution in [2.24, 2.45) is 0 Å². The van der Waals surface area contributed by atoms with Gasteiger partial charge in [-0.05, 0) is 52.0 Å². The summed E-state index contributed by atoms with van der Waals surface area (Å²) in [4.78, 5) is 54.4. The molecule has 184 valence electrons. The van der Waals surface area contributed by atoms with E-state index in [0.717, 1.165) is 4.90 Å². The zero-order chi connectivity index (χ0) is 25.0. The quantitative estimate of drug-likeness (QED) is 0.346. The van der Waals surface area contributed by atoms with Crippen LogP contribution in [0.1, 0.15) is 44.5 Å². The Hall–Kier alpha value is -2.66. The van der Waals surface area contributed by atoms with E-state index in [1.807, 2.05) is 25.7 Å². The Morgan fingerprint density at radius 3 is 2.21 bits per heavy atom. The van der Waals surface area contributed by atoms with Crippen LogP contribution in [0.25, 0.3) is 0 Å². The zero-order valence-corrected chi connectivity index (χ0v) is 21.4. The number of rotatable bonds is 4. The van der Waals surface area contributed by atoms with Crippen LogP contribution in [0.5, 0.6) is 0 Å². The molecule has 11 heteroatoms. The number of hydrogen-bond acceptors (Lipinski definition) is 8. The van der Waals surface area contributed by atoms with Crippen LogP contribution in [0.3, 0.4) is 0 Å². The Morgan fingerprint density at radius 2 is 1.65 bits per heavy atom. The first-order valence-corrected chi connectivity index (χ1v) is 12.4. The third kappa shape index (κ3) is 6.26. The summed E-state index contributed by atoms with van der Waals surface area (Å²) < 4.78 is 10.9. The summed E-state index contributed by atoms with van der Waals surface area (Å²) in [5, 5.41) is -0.617. The molecule has 34 heavy (non-hydrogen) atoms. The van der Waals surface area contributed by atoms with Crippen molar-refractivity contribution in [2.75, 3.05) is 37.7 Å². The Bertz CT molecular complexity index is 968. The molecule has 0 saturated carbocycles. The van der Waals surface area contributed by atoms with Gasteiger partial charge in [-0.3, -0.25) is 9.59 Å². The lowest BCUT2D eigenvalue weighted by Crippen LogP contribution is -2.51. The number of hydrogen-bond donors (Lipinski definition) is 0. The molecule has 0 spiro atoms. The second-order valence-electron chi connectivity index (χ2n) is 8.87. The number of ether oxygens (including phenoxy) is 2. The van der Waals surface area contributed by atoms with Crippen LogP contribution in [0.4, 0.5) is 10.5 Å². The highest BCUT2D eigenvalue weighted by atomic mass is 32.2. The molecule has 2 saturated heterocycles. The van der Waals surface area contributed by atoms with Gasteiger partial charge in [-0.1, -0.05) is 24.0 Å². The molecular weight excluding hydrogens is 478 g/mol. The van der Waals surface area contributed by atoms with Crippen LogP contribution >= 0.6 is 24.0 Å². The molecule has 0 bridgehead atoms. The molecule has 9 nitrogen and oxygen atoms in total. The van der Waals surface area contributed by atoms with Crippen LogP contribution in [-0.2, 0) is 19.1 Å². The largest absolute Gasteiger partial charge is 0.462 e. The smallest absolute Gasteiger partial charge is 0.410 e. The van der Waals surface area contributed by atoms with Crippen LogP contribution in [0, 0.1) is 0 Å². The minimum Gasteiger partial charge on any atom is -0.462 e. The maximum Gasteiger partial charge on any atom is 0.410 e. The van der Waals surface area contributed by atoms with E-state index in [1.165, 1.54) is 23.9 Å². The molecule has 1 atom stereocenters. The fourth-order valence-corrected chi connectivity index (χ4v) is 5.06. The Morgan fingerprint density at radius 1 is 1.06 bits per heavy atom. The van der Waals surface area contributed by atoms with E-state index < -0.39 is 16.8 Å². The highest BCUT2D eigenvalue weighted by Gasteiger charge is 2.41. The lowest BCUT2D eigenvalue weighted by molar-refractivity contribution is -0.121. The van der Waals surface area contributed by atoms with Gasteiger partial charge in [-0.15, -0.1) is 0 Å². The van der Waals surface area contributed by atoms with Gasteiger partial charge in [0.1, 0.15) is 15.2 Å². The lowest BCUT2D eigenvalue weighted by Gasteiger charge is -2.36. The SMILES string of the molecule is CCOC(=O)c1ccc(N2C(=O)C[C@H](SC(=S)N3CCN(C(=O)OC(C)(C)C)CC3)C2=O)cc1. The van der Waals surface area contributed by atoms with Crippen molar-refractivity contribution in [3.63, 3.8) is 0 Å². The standard InChI is InChI=1S/C23H29N3O6S2/c1-5-31-20(29)15-6-8-16(9-7-15)26-18(27)14-17(19(26)28)34-22(33)25-12-10-24(11-13-25)21(30)32-23(2,3)4/h6-9,17H,5,10-14H2,1-4H3/t17-/m0/s1. The molecule has 0 unspecified atom stereocenters. The van der Waals surface area contributed by atoms with Crippen molar-refractivity contribution in [3.05, 3.63) is 29.8 Å². The first-order chi connectivity index (χ1) is 16.0. The topological polar surface area (TPSA) is 96.5 Å². The predicted octanol–water partition coefficient (Wildman–Crippen LogP) is 3.07. The van der Waals surface area contributed by atoms with Gasteiger partial charge in [-0.25, -0.2) is 14.5 Å². The Labute approximate surface area is 208 Å². The van der Waals surface area contributed by atoms with E-state index in [4.69, 9.17) is 21.7 Å². The zero-order valence-electron chi connectivity index (χ0n) is 19.7. The highest BCUT2D eigenvalue weighted by molar-refractivity contribution is 8.23. The average Bonchev–Trinajstić information content (AvgIpc) is 3.05. The van der Waals surface area contributed by atoms with Gasteiger partial charge in [0.05, 0.1) is 17.9 Å². The second-order valence-corrected chi connectivity index (χ2v) is 10.7. The molecule has 0 aromatic heterocycles. The molecule has 3 amide bonds. The molecule has 1 aromatic carbocycles. The fourth-order valence-electron chi connectivity index (χ4n) is 3.52.